The minimum Gasteiger partial charge on any atom is -0.489 e. The van der Waals surface area contributed by atoms with Crippen LogP contribution in [0.15, 0.2) is 12.3 Å². The zero-order chi connectivity index (χ0) is 24.7. The number of fused-ring (bicyclic) bond motifs is 1. The van der Waals surface area contributed by atoms with Gasteiger partial charge in [-0.3, -0.25) is 4.90 Å². The van der Waals surface area contributed by atoms with Crippen LogP contribution in [0.4, 0.5) is 10.6 Å². The van der Waals surface area contributed by atoms with E-state index in [9.17, 15) is 9.90 Å². The van der Waals surface area contributed by atoms with E-state index in [0.29, 0.717) is 0 Å². The third kappa shape index (κ3) is 7.71. The summed E-state index contributed by atoms with van der Waals surface area (Å²) >= 11 is 0. The van der Waals surface area contributed by atoms with Crippen LogP contribution in [-0.4, -0.2) is 77.2 Å². The SMILES string of the molecule is CC1(O)CCCCC1.O=C(O)NC1CCC(CCN2CCN(c3nccc4c3OCC4)CC2)CC1. The fraction of sp³-hybridized carbons (Fsp3) is 0.778. The Kier molecular flexibility index (Phi) is 9.11. The number of nitrogens with zero attached hydrogens (tertiary/aromatic N) is 3. The van der Waals surface area contributed by atoms with Crippen molar-refractivity contribution < 1.29 is 19.7 Å². The zero-order valence-corrected chi connectivity index (χ0v) is 21.4. The van der Waals surface area contributed by atoms with Gasteiger partial charge in [-0.2, -0.15) is 0 Å². The molecule has 1 aromatic rings. The second kappa shape index (κ2) is 12.3. The van der Waals surface area contributed by atoms with Crippen LogP contribution >= 0.6 is 0 Å². The molecule has 35 heavy (non-hydrogen) atoms. The smallest absolute Gasteiger partial charge is 0.404 e. The monoisotopic (exact) mass is 488 g/mol. The summed E-state index contributed by atoms with van der Waals surface area (Å²) in [6, 6.07) is 2.23. The molecule has 5 rings (SSSR count). The number of amides is 1. The third-order valence-corrected chi connectivity index (χ3v) is 8.22. The molecule has 2 aliphatic heterocycles. The van der Waals surface area contributed by atoms with E-state index in [2.05, 4.69) is 26.2 Å². The Hall–Kier alpha value is -2.06. The first-order valence-electron chi connectivity index (χ1n) is 13.7. The number of aliphatic hydroxyl groups is 1. The molecule has 3 fully saturated rings. The minimum absolute atomic E-state index is 0.157. The van der Waals surface area contributed by atoms with Crippen molar-refractivity contribution in [1.29, 1.82) is 0 Å². The molecule has 4 aliphatic rings. The molecular formula is C27H44N4O4. The van der Waals surface area contributed by atoms with Gasteiger partial charge in [-0.05, 0) is 70.4 Å². The Labute approximate surface area is 210 Å². The molecule has 196 valence electrons. The van der Waals surface area contributed by atoms with Gasteiger partial charge in [-0.25, -0.2) is 9.78 Å². The number of hydrogen-bond donors (Lipinski definition) is 3. The number of carboxylic acid groups (broad SMARTS) is 1. The Bertz CT molecular complexity index is 809. The van der Waals surface area contributed by atoms with Crippen molar-refractivity contribution in [3.05, 3.63) is 17.8 Å². The molecule has 0 spiro atoms. The van der Waals surface area contributed by atoms with Crippen LogP contribution in [0.3, 0.4) is 0 Å². The molecule has 2 aliphatic carbocycles. The van der Waals surface area contributed by atoms with E-state index in [1.54, 1.807) is 0 Å². The van der Waals surface area contributed by atoms with Crippen molar-refractivity contribution in [3.63, 3.8) is 0 Å². The largest absolute Gasteiger partial charge is 0.489 e. The highest BCUT2D eigenvalue weighted by molar-refractivity contribution is 5.64. The second-order valence-electron chi connectivity index (χ2n) is 11.1. The molecule has 0 aromatic carbocycles. The Morgan fingerprint density at radius 1 is 1.14 bits per heavy atom. The minimum atomic E-state index is -0.889. The number of nitrogens with one attached hydrogen (secondary N) is 1. The molecule has 3 N–H and O–H groups in total. The molecule has 3 heterocycles. The van der Waals surface area contributed by atoms with Gasteiger partial charge in [0.25, 0.3) is 0 Å². The van der Waals surface area contributed by atoms with Crippen LogP contribution in [0.1, 0.15) is 76.7 Å². The van der Waals surface area contributed by atoms with E-state index in [-0.39, 0.29) is 11.6 Å². The van der Waals surface area contributed by atoms with Crippen LogP contribution in [0.2, 0.25) is 0 Å². The normalized spacial score (nSPS) is 26.2. The number of hydrogen-bond acceptors (Lipinski definition) is 6. The van der Waals surface area contributed by atoms with Crippen LogP contribution < -0.4 is 15.0 Å². The predicted molar refractivity (Wildman–Crippen MR) is 137 cm³/mol. The van der Waals surface area contributed by atoms with E-state index in [1.165, 1.54) is 31.2 Å². The third-order valence-electron chi connectivity index (χ3n) is 8.22. The molecule has 1 saturated heterocycles. The van der Waals surface area contributed by atoms with E-state index in [4.69, 9.17) is 9.84 Å². The van der Waals surface area contributed by atoms with Gasteiger partial charge >= 0.3 is 6.09 Å². The summed E-state index contributed by atoms with van der Waals surface area (Å²) in [7, 11) is 0. The van der Waals surface area contributed by atoms with Gasteiger partial charge in [-0.15, -0.1) is 0 Å². The van der Waals surface area contributed by atoms with Crippen molar-refractivity contribution in [3.8, 4) is 5.75 Å². The van der Waals surface area contributed by atoms with Crippen LogP contribution in [0, 0.1) is 5.92 Å². The molecule has 0 radical (unpaired) electrons. The summed E-state index contributed by atoms with van der Waals surface area (Å²) in [4.78, 5) is 20.2. The maximum Gasteiger partial charge on any atom is 0.404 e. The quantitative estimate of drug-likeness (QED) is 0.575. The summed E-state index contributed by atoms with van der Waals surface area (Å²) < 4.78 is 5.81. The van der Waals surface area contributed by atoms with Crippen molar-refractivity contribution in [2.45, 2.75) is 89.2 Å². The van der Waals surface area contributed by atoms with Gasteiger partial charge in [-0.1, -0.05) is 19.3 Å². The summed E-state index contributed by atoms with van der Waals surface area (Å²) in [5.74, 6) is 2.76. The van der Waals surface area contributed by atoms with Crippen LogP contribution in [0.5, 0.6) is 5.75 Å². The Morgan fingerprint density at radius 2 is 1.86 bits per heavy atom. The molecule has 8 heteroatoms. The Balaban J connectivity index is 0.000000308. The van der Waals surface area contributed by atoms with Crippen LogP contribution in [-0.2, 0) is 6.42 Å². The van der Waals surface area contributed by atoms with Gasteiger partial charge in [0, 0.05) is 50.4 Å². The van der Waals surface area contributed by atoms with Crippen molar-refractivity contribution in [1.82, 2.24) is 15.2 Å². The number of ether oxygens (including phenoxy) is 1. The van der Waals surface area contributed by atoms with Gasteiger partial charge in [0.15, 0.2) is 11.6 Å². The highest BCUT2D eigenvalue weighted by Gasteiger charge is 2.26. The van der Waals surface area contributed by atoms with E-state index >= 15 is 0 Å². The van der Waals surface area contributed by atoms with Gasteiger partial charge in [0.2, 0.25) is 0 Å². The maximum absolute atomic E-state index is 10.7. The van der Waals surface area contributed by atoms with Crippen molar-refractivity contribution >= 4 is 11.9 Å². The first kappa shape index (κ1) is 26.0. The highest BCUT2D eigenvalue weighted by Crippen LogP contribution is 2.34. The number of aromatic nitrogens is 1. The number of rotatable bonds is 5. The average Bonchev–Trinajstić information content (AvgIpc) is 3.33. The van der Waals surface area contributed by atoms with Crippen molar-refractivity contribution in [2.24, 2.45) is 5.92 Å². The van der Waals surface area contributed by atoms with Gasteiger partial charge < -0.3 is 25.2 Å². The summed E-state index contributed by atoms with van der Waals surface area (Å²) in [6.45, 7) is 8.00. The van der Waals surface area contributed by atoms with Crippen molar-refractivity contribution in [2.75, 3.05) is 44.2 Å². The lowest BCUT2D eigenvalue weighted by Gasteiger charge is -2.37. The number of anilines is 1. The lowest BCUT2D eigenvalue weighted by molar-refractivity contribution is 0.0225. The molecule has 1 aromatic heterocycles. The second-order valence-corrected chi connectivity index (χ2v) is 11.1. The topological polar surface area (TPSA) is 98.2 Å². The van der Waals surface area contributed by atoms with E-state index < -0.39 is 6.09 Å². The molecule has 0 bridgehead atoms. The molecular weight excluding hydrogens is 444 g/mol. The summed E-state index contributed by atoms with van der Waals surface area (Å²) in [6.07, 6.45) is 13.2. The molecule has 0 atom stereocenters. The first-order chi connectivity index (χ1) is 16.9. The highest BCUT2D eigenvalue weighted by atomic mass is 16.5. The summed E-state index contributed by atoms with van der Waals surface area (Å²) in [5.41, 5.74) is 0.966. The first-order valence-corrected chi connectivity index (χ1v) is 13.7. The standard InChI is InChI=1S/C20H30N4O3.C7H14O/c25-20(26)22-17-3-1-15(2-4-17)6-9-23-10-12-24(13-11-23)19-18-16(5-8-21-19)7-14-27-18;1-7(8)5-3-2-4-6-7/h5,8,15,17,22H,1-4,6-7,9-14H2,(H,25,26);8H,2-6H2,1H3. The van der Waals surface area contributed by atoms with Crippen LogP contribution in [0.25, 0.3) is 0 Å². The molecule has 0 unspecified atom stereocenters. The zero-order valence-electron chi connectivity index (χ0n) is 21.4. The lowest BCUT2D eigenvalue weighted by Crippen LogP contribution is -2.47. The fourth-order valence-electron chi connectivity index (χ4n) is 5.95. The maximum atomic E-state index is 10.7. The van der Waals surface area contributed by atoms with Gasteiger partial charge in [0.05, 0.1) is 12.2 Å². The predicted octanol–water partition coefficient (Wildman–Crippen LogP) is 4.06. The number of piperazine rings is 1. The van der Waals surface area contributed by atoms with Gasteiger partial charge in [0.1, 0.15) is 0 Å². The lowest BCUT2D eigenvalue weighted by atomic mass is 9.84. The molecule has 8 nitrogen and oxygen atoms in total. The van der Waals surface area contributed by atoms with E-state index in [1.807, 2.05) is 13.1 Å². The fourth-order valence-corrected chi connectivity index (χ4v) is 5.95. The summed E-state index contributed by atoms with van der Waals surface area (Å²) in [5, 5.41) is 20.8. The number of pyridine rings is 1. The Morgan fingerprint density at radius 3 is 2.49 bits per heavy atom. The number of carbonyl (C=O) groups is 1. The van der Waals surface area contributed by atoms with E-state index in [0.717, 1.165) is 102 Å². The molecule has 2 saturated carbocycles. The molecule has 1 amide bonds. The average molecular weight is 489 g/mol.